The van der Waals surface area contributed by atoms with Crippen molar-refractivity contribution < 1.29 is 9.59 Å². The van der Waals surface area contributed by atoms with E-state index >= 15 is 0 Å². The van der Waals surface area contributed by atoms with E-state index in [1.807, 2.05) is 31.2 Å². The molecule has 6 nitrogen and oxygen atoms in total. The first-order valence-electron chi connectivity index (χ1n) is 7.83. The number of hydrogen-bond donors (Lipinski definition) is 1. The molecule has 0 spiro atoms. The maximum Gasteiger partial charge on any atom is 0.245 e. The SMILES string of the molecule is Cc1ccc(C(=Nc2ncn[nH]2)C2C(=O)c3ccccc3C2=O)cc1. The Kier molecular flexibility index (Phi) is 3.57. The van der Waals surface area contributed by atoms with Crippen LogP contribution in [0.15, 0.2) is 59.9 Å². The Morgan fingerprint density at radius 3 is 2.20 bits per heavy atom. The number of aliphatic imine (C=N–C) groups is 1. The second-order valence-electron chi connectivity index (χ2n) is 5.88. The van der Waals surface area contributed by atoms with Gasteiger partial charge in [-0.15, -0.1) is 0 Å². The monoisotopic (exact) mass is 330 g/mol. The fourth-order valence-electron chi connectivity index (χ4n) is 2.98. The largest absolute Gasteiger partial charge is 0.293 e. The van der Waals surface area contributed by atoms with E-state index in [1.54, 1.807) is 24.3 Å². The predicted octanol–water partition coefficient (Wildman–Crippen LogP) is 2.93. The van der Waals surface area contributed by atoms with Gasteiger partial charge in [-0.1, -0.05) is 54.1 Å². The van der Waals surface area contributed by atoms with E-state index in [0.717, 1.165) is 5.56 Å². The van der Waals surface area contributed by atoms with E-state index in [2.05, 4.69) is 20.2 Å². The van der Waals surface area contributed by atoms with Gasteiger partial charge in [-0.25, -0.2) is 10.1 Å². The molecular formula is C19H14N4O2. The highest BCUT2D eigenvalue weighted by Crippen LogP contribution is 2.30. The van der Waals surface area contributed by atoms with Crippen molar-refractivity contribution in [1.29, 1.82) is 0 Å². The molecule has 0 saturated carbocycles. The minimum atomic E-state index is -0.967. The van der Waals surface area contributed by atoms with Gasteiger partial charge in [0.15, 0.2) is 11.6 Å². The van der Waals surface area contributed by atoms with E-state index in [1.165, 1.54) is 6.33 Å². The molecule has 1 aromatic heterocycles. The van der Waals surface area contributed by atoms with Gasteiger partial charge in [0, 0.05) is 11.1 Å². The fraction of sp³-hybridized carbons (Fsp3) is 0.105. The number of hydrogen-bond acceptors (Lipinski definition) is 5. The second-order valence-corrected chi connectivity index (χ2v) is 5.88. The summed E-state index contributed by atoms with van der Waals surface area (Å²) in [6.45, 7) is 1.97. The first-order valence-corrected chi connectivity index (χ1v) is 7.83. The van der Waals surface area contributed by atoms with Gasteiger partial charge in [0.25, 0.3) is 0 Å². The van der Waals surface area contributed by atoms with Crippen molar-refractivity contribution in [2.75, 3.05) is 0 Å². The van der Waals surface area contributed by atoms with Gasteiger partial charge < -0.3 is 0 Å². The topological polar surface area (TPSA) is 88.1 Å². The third-order valence-corrected chi connectivity index (χ3v) is 4.23. The molecule has 1 aliphatic rings. The molecule has 0 radical (unpaired) electrons. The molecule has 0 aliphatic heterocycles. The van der Waals surface area contributed by atoms with Crippen molar-refractivity contribution in [3.8, 4) is 0 Å². The van der Waals surface area contributed by atoms with Crippen LogP contribution >= 0.6 is 0 Å². The smallest absolute Gasteiger partial charge is 0.245 e. The van der Waals surface area contributed by atoms with E-state index in [-0.39, 0.29) is 17.5 Å². The Bertz CT molecular complexity index is 954. The van der Waals surface area contributed by atoms with Gasteiger partial charge in [-0.05, 0) is 12.5 Å². The van der Waals surface area contributed by atoms with Crippen LogP contribution < -0.4 is 0 Å². The number of rotatable bonds is 3. The minimum Gasteiger partial charge on any atom is -0.293 e. The summed E-state index contributed by atoms with van der Waals surface area (Å²) in [4.78, 5) is 34.2. The Morgan fingerprint density at radius 2 is 1.64 bits per heavy atom. The molecule has 4 rings (SSSR count). The normalized spacial score (nSPS) is 14.8. The number of carbonyl (C=O) groups excluding carboxylic acids is 2. The maximum atomic E-state index is 12.9. The Hall–Kier alpha value is -3.41. The lowest BCUT2D eigenvalue weighted by Crippen LogP contribution is -2.26. The zero-order valence-corrected chi connectivity index (χ0v) is 13.4. The number of aryl methyl sites for hydroxylation is 1. The number of ketones is 2. The molecular weight excluding hydrogens is 316 g/mol. The van der Waals surface area contributed by atoms with E-state index < -0.39 is 5.92 Å². The molecule has 0 fully saturated rings. The Morgan fingerprint density at radius 1 is 1.00 bits per heavy atom. The Balaban J connectivity index is 1.86. The van der Waals surface area contributed by atoms with Crippen molar-refractivity contribution in [2.24, 2.45) is 10.9 Å². The van der Waals surface area contributed by atoms with Crippen LogP contribution in [0, 0.1) is 12.8 Å². The number of aromatic nitrogens is 3. The summed E-state index contributed by atoms with van der Waals surface area (Å²) in [6.07, 6.45) is 1.33. The number of fused-ring (bicyclic) bond motifs is 1. The number of H-pyrrole nitrogens is 1. The molecule has 1 heterocycles. The summed E-state index contributed by atoms with van der Waals surface area (Å²) >= 11 is 0. The standard InChI is InChI=1S/C19H14N4O2/c1-11-6-8-12(9-7-11)16(22-19-20-10-21-23-19)15-17(24)13-4-2-3-5-14(13)18(15)25/h2-10,15H,1H3,(H,20,21,23). The number of nitrogens with zero attached hydrogens (tertiary/aromatic N) is 3. The number of nitrogens with one attached hydrogen (secondary N) is 1. The zero-order valence-electron chi connectivity index (χ0n) is 13.4. The lowest BCUT2D eigenvalue weighted by molar-refractivity contribution is 0.0884. The van der Waals surface area contributed by atoms with E-state index in [4.69, 9.17) is 0 Å². The molecule has 1 aliphatic carbocycles. The van der Waals surface area contributed by atoms with Gasteiger partial charge >= 0.3 is 0 Å². The molecule has 1 N–H and O–H groups in total. The van der Waals surface area contributed by atoms with Gasteiger partial charge in [-0.3, -0.25) is 9.59 Å². The van der Waals surface area contributed by atoms with Crippen LogP contribution in [0.2, 0.25) is 0 Å². The van der Waals surface area contributed by atoms with Crippen LogP contribution in [0.1, 0.15) is 31.8 Å². The van der Waals surface area contributed by atoms with Crippen molar-refractivity contribution in [1.82, 2.24) is 15.2 Å². The lowest BCUT2D eigenvalue weighted by Gasteiger charge is -2.11. The quantitative estimate of drug-likeness (QED) is 0.591. The van der Waals surface area contributed by atoms with Gasteiger partial charge in [0.1, 0.15) is 12.2 Å². The highest BCUT2D eigenvalue weighted by atomic mass is 16.2. The van der Waals surface area contributed by atoms with Crippen LogP contribution in [0.3, 0.4) is 0 Å². The van der Waals surface area contributed by atoms with Gasteiger partial charge in [-0.2, -0.15) is 10.1 Å². The third-order valence-electron chi connectivity index (χ3n) is 4.23. The lowest BCUT2D eigenvalue weighted by atomic mass is 9.92. The molecule has 6 heteroatoms. The molecule has 0 unspecified atom stereocenters. The predicted molar refractivity (Wildman–Crippen MR) is 92.4 cm³/mol. The second kappa shape index (κ2) is 5.90. The summed E-state index contributed by atoms with van der Waals surface area (Å²) in [7, 11) is 0. The molecule has 2 aromatic carbocycles. The van der Waals surface area contributed by atoms with E-state index in [0.29, 0.717) is 22.4 Å². The minimum absolute atomic E-state index is 0.237. The number of carbonyl (C=O) groups is 2. The summed E-state index contributed by atoms with van der Waals surface area (Å²) in [5, 5.41) is 6.43. The highest BCUT2D eigenvalue weighted by molar-refractivity contribution is 6.39. The van der Waals surface area contributed by atoms with Crippen molar-refractivity contribution in [2.45, 2.75) is 6.92 Å². The summed E-state index contributed by atoms with van der Waals surface area (Å²) in [5.74, 6) is -1.18. The van der Waals surface area contributed by atoms with Gasteiger partial charge in [0.05, 0.1) is 5.71 Å². The average Bonchev–Trinajstić information content (AvgIpc) is 3.22. The average molecular weight is 330 g/mol. The molecule has 25 heavy (non-hydrogen) atoms. The highest BCUT2D eigenvalue weighted by Gasteiger charge is 2.42. The number of Topliss-reactive ketones (excluding diaryl/α,β-unsaturated/α-hetero) is 2. The summed E-state index contributed by atoms with van der Waals surface area (Å²) in [5.41, 5.74) is 3.05. The van der Waals surface area contributed by atoms with Crippen LogP contribution in [-0.4, -0.2) is 32.5 Å². The van der Waals surface area contributed by atoms with Crippen molar-refractivity contribution in [3.05, 3.63) is 77.1 Å². The fourth-order valence-corrected chi connectivity index (χ4v) is 2.98. The van der Waals surface area contributed by atoms with Gasteiger partial charge in [0.2, 0.25) is 5.95 Å². The first-order chi connectivity index (χ1) is 12.1. The Labute approximate surface area is 143 Å². The van der Waals surface area contributed by atoms with Crippen LogP contribution in [0.4, 0.5) is 5.95 Å². The molecule has 3 aromatic rings. The first kappa shape index (κ1) is 15.1. The van der Waals surface area contributed by atoms with Crippen LogP contribution in [0.5, 0.6) is 0 Å². The number of aromatic amines is 1. The van der Waals surface area contributed by atoms with Crippen LogP contribution in [0.25, 0.3) is 0 Å². The third kappa shape index (κ3) is 2.57. The molecule has 0 atom stereocenters. The van der Waals surface area contributed by atoms with Crippen molar-refractivity contribution in [3.63, 3.8) is 0 Å². The summed E-state index contributed by atoms with van der Waals surface area (Å²) < 4.78 is 0. The van der Waals surface area contributed by atoms with E-state index in [9.17, 15) is 9.59 Å². The van der Waals surface area contributed by atoms with Crippen LogP contribution in [-0.2, 0) is 0 Å². The molecule has 122 valence electrons. The number of benzene rings is 2. The summed E-state index contributed by atoms with van der Waals surface area (Å²) in [6, 6.07) is 14.4. The molecule has 0 saturated heterocycles. The molecule has 0 bridgehead atoms. The van der Waals surface area contributed by atoms with Crippen molar-refractivity contribution >= 4 is 23.2 Å². The molecule has 0 amide bonds. The zero-order chi connectivity index (χ0) is 17.4. The maximum absolute atomic E-state index is 12.9.